The fourth-order valence-electron chi connectivity index (χ4n) is 4.12. The number of ether oxygens (including phenoxy) is 1. The van der Waals surface area contributed by atoms with E-state index in [2.05, 4.69) is 4.72 Å². The van der Waals surface area contributed by atoms with Crippen LogP contribution < -0.4 is 9.46 Å². The van der Waals surface area contributed by atoms with Crippen molar-refractivity contribution < 1.29 is 23.1 Å². The first kappa shape index (κ1) is 19.2. The Morgan fingerprint density at radius 2 is 1.93 bits per heavy atom. The summed E-state index contributed by atoms with van der Waals surface area (Å²) in [6, 6.07) is 11.2. The largest absolute Gasteiger partial charge is 0.489 e. The first-order valence-electron chi connectivity index (χ1n) is 9.08. The molecule has 2 aromatic rings. The van der Waals surface area contributed by atoms with Crippen molar-refractivity contribution in [2.75, 3.05) is 0 Å². The Hall–Kier alpha value is -2.09. The molecule has 1 aliphatic carbocycles. The van der Waals surface area contributed by atoms with E-state index in [1.807, 2.05) is 12.1 Å². The van der Waals surface area contributed by atoms with Gasteiger partial charge in [0.15, 0.2) is 0 Å². The highest BCUT2D eigenvalue weighted by atomic mass is 35.5. The van der Waals surface area contributed by atoms with Crippen LogP contribution in [0.2, 0.25) is 5.02 Å². The average Bonchev–Trinajstić information content (AvgIpc) is 3.21. The summed E-state index contributed by atoms with van der Waals surface area (Å²) in [5.74, 6) is -1.17. The molecule has 6 nitrogen and oxygen atoms in total. The van der Waals surface area contributed by atoms with E-state index < -0.39 is 21.9 Å². The highest BCUT2D eigenvalue weighted by Crippen LogP contribution is 2.50. The maximum Gasteiger partial charge on any atom is 0.310 e. The molecule has 8 heteroatoms. The molecule has 2 aliphatic rings. The molecule has 0 bridgehead atoms. The molecule has 0 radical (unpaired) electrons. The number of fused-ring (bicyclic) bond motifs is 3. The number of hydrogen-bond donors (Lipinski definition) is 2. The third-order valence-electron chi connectivity index (χ3n) is 5.57. The van der Waals surface area contributed by atoms with Gasteiger partial charge in [-0.25, -0.2) is 13.1 Å². The van der Waals surface area contributed by atoms with E-state index in [0.717, 1.165) is 5.56 Å². The van der Waals surface area contributed by atoms with Gasteiger partial charge in [0.2, 0.25) is 10.0 Å². The Labute approximate surface area is 168 Å². The van der Waals surface area contributed by atoms with E-state index >= 15 is 0 Å². The molecule has 0 amide bonds. The van der Waals surface area contributed by atoms with Crippen molar-refractivity contribution in [2.45, 2.75) is 48.6 Å². The van der Waals surface area contributed by atoms with Crippen molar-refractivity contribution in [3.63, 3.8) is 0 Å². The van der Waals surface area contributed by atoms with Crippen molar-refractivity contribution in [3.05, 3.63) is 58.6 Å². The normalized spacial score (nSPS) is 24.3. The topological polar surface area (TPSA) is 92.7 Å². The minimum Gasteiger partial charge on any atom is -0.489 e. The van der Waals surface area contributed by atoms with E-state index in [1.165, 1.54) is 12.1 Å². The molecule has 1 aliphatic heterocycles. The lowest BCUT2D eigenvalue weighted by molar-refractivity contribution is -0.138. The molecule has 4 atom stereocenters. The van der Waals surface area contributed by atoms with Crippen molar-refractivity contribution in [3.8, 4) is 5.75 Å². The number of aliphatic carboxylic acids is 1. The van der Waals surface area contributed by atoms with E-state index in [9.17, 15) is 18.3 Å². The molecule has 0 aromatic heterocycles. The van der Waals surface area contributed by atoms with Crippen LogP contribution in [0.3, 0.4) is 0 Å². The van der Waals surface area contributed by atoms with Crippen LogP contribution in [0.4, 0.5) is 0 Å². The van der Waals surface area contributed by atoms with Crippen LogP contribution in [0, 0.1) is 0 Å². The smallest absolute Gasteiger partial charge is 0.310 e. The lowest BCUT2D eigenvalue weighted by atomic mass is 9.90. The highest BCUT2D eigenvalue weighted by Gasteiger charge is 2.47. The van der Waals surface area contributed by atoms with Crippen LogP contribution >= 0.6 is 11.6 Å². The number of halogens is 1. The number of hydrogen-bond acceptors (Lipinski definition) is 4. The molecule has 1 heterocycles. The maximum atomic E-state index is 12.8. The number of rotatable bonds is 5. The number of sulfonamides is 1. The fraction of sp³-hybridized carbons (Fsp3) is 0.350. The Kier molecular flexibility index (Phi) is 4.85. The zero-order valence-electron chi connectivity index (χ0n) is 15.1. The van der Waals surface area contributed by atoms with Gasteiger partial charge in [0.25, 0.3) is 0 Å². The molecule has 2 N–H and O–H groups in total. The molecule has 1 saturated carbocycles. The molecule has 4 rings (SSSR count). The predicted octanol–water partition coefficient (Wildman–Crippen LogP) is 3.51. The van der Waals surface area contributed by atoms with E-state index in [-0.39, 0.29) is 23.0 Å². The Balaban J connectivity index is 1.64. The number of nitrogens with one attached hydrogen (secondary N) is 1. The van der Waals surface area contributed by atoms with Gasteiger partial charge in [-0.15, -0.1) is 0 Å². The van der Waals surface area contributed by atoms with E-state index in [1.54, 1.807) is 25.1 Å². The van der Waals surface area contributed by atoms with E-state index in [0.29, 0.717) is 29.2 Å². The van der Waals surface area contributed by atoms with Crippen LogP contribution in [0.5, 0.6) is 5.75 Å². The second kappa shape index (κ2) is 7.06. The minimum atomic E-state index is -3.70. The van der Waals surface area contributed by atoms with Gasteiger partial charge in [0, 0.05) is 28.1 Å². The van der Waals surface area contributed by atoms with E-state index in [4.69, 9.17) is 16.3 Å². The summed E-state index contributed by atoms with van der Waals surface area (Å²) >= 11 is 5.85. The zero-order valence-corrected chi connectivity index (χ0v) is 16.7. The van der Waals surface area contributed by atoms with Crippen LogP contribution in [0.25, 0.3) is 0 Å². The van der Waals surface area contributed by atoms with Crippen LogP contribution in [0.1, 0.15) is 42.7 Å². The molecule has 2 aromatic carbocycles. The standard InChI is InChI=1S/C20H20ClNO5S/c1-11(20(23)24)14-3-2-4-15-18-16(9-10-17(18)27-19(14)15)22-28(25,26)13-7-5-12(21)6-8-13/h2-8,11,16-18,22H,9-10H2,1H3,(H,23,24). The van der Waals surface area contributed by atoms with Gasteiger partial charge >= 0.3 is 5.97 Å². The summed E-state index contributed by atoms with van der Waals surface area (Å²) < 4.78 is 34.5. The zero-order chi connectivity index (χ0) is 20.1. The number of carboxylic acids is 1. The Morgan fingerprint density at radius 3 is 2.61 bits per heavy atom. The SMILES string of the molecule is CC(C(=O)O)c1cccc2c1OC1CCC(NS(=O)(=O)c3ccc(Cl)cc3)C21. The Bertz CT molecular complexity index is 1020. The molecule has 4 unspecified atom stereocenters. The van der Waals surface area contributed by atoms with Crippen molar-refractivity contribution in [1.29, 1.82) is 0 Å². The van der Waals surface area contributed by atoms with Gasteiger partial charge in [-0.2, -0.15) is 0 Å². The first-order valence-corrected chi connectivity index (χ1v) is 10.9. The van der Waals surface area contributed by atoms with Crippen molar-refractivity contribution in [2.24, 2.45) is 0 Å². The summed E-state index contributed by atoms with van der Waals surface area (Å²) in [7, 11) is -3.70. The van der Waals surface area contributed by atoms with Gasteiger partial charge < -0.3 is 9.84 Å². The second-order valence-corrected chi connectivity index (χ2v) is 9.42. The summed E-state index contributed by atoms with van der Waals surface area (Å²) in [5, 5.41) is 9.83. The van der Waals surface area contributed by atoms with Crippen molar-refractivity contribution >= 4 is 27.6 Å². The Morgan fingerprint density at radius 1 is 1.21 bits per heavy atom. The molecule has 0 spiro atoms. The van der Waals surface area contributed by atoms with Gasteiger partial charge in [0.1, 0.15) is 11.9 Å². The van der Waals surface area contributed by atoms with Gasteiger partial charge in [0.05, 0.1) is 10.8 Å². The molecular weight excluding hydrogens is 402 g/mol. The molecule has 148 valence electrons. The number of benzene rings is 2. The summed E-state index contributed by atoms with van der Waals surface area (Å²) in [6.45, 7) is 1.62. The highest BCUT2D eigenvalue weighted by molar-refractivity contribution is 7.89. The lowest BCUT2D eigenvalue weighted by Crippen LogP contribution is -2.37. The molecule has 0 saturated heterocycles. The lowest BCUT2D eigenvalue weighted by Gasteiger charge is -2.20. The number of carbonyl (C=O) groups is 1. The van der Waals surface area contributed by atoms with Crippen LogP contribution in [-0.2, 0) is 14.8 Å². The van der Waals surface area contributed by atoms with Gasteiger partial charge in [-0.1, -0.05) is 29.8 Å². The second-order valence-electron chi connectivity index (χ2n) is 7.27. The molecule has 28 heavy (non-hydrogen) atoms. The van der Waals surface area contributed by atoms with Crippen molar-refractivity contribution in [1.82, 2.24) is 4.72 Å². The minimum absolute atomic E-state index is 0.141. The predicted molar refractivity (Wildman–Crippen MR) is 104 cm³/mol. The van der Waals surface area contributed by atoms with Gasteiger partial charge in [-0.3, -0.25) is 4.79 Å². The molecule has 1 fully saturated rings. The van der Waals surface area contributed by atoms with Gasteiger partial charge in [-0.05, 0) is 44.0 Å². The third-order valence-corrected chi connectivity index (χ3v) is 7.33. The number of carboxylic acid groups (broad SMARTS) is 1. The fourth-order valence-corrected chi connectivity index (χ4v) is 5.54. The number of para-hydroxylation sites is 1. The third kappa shape index (κ3) is 3.27. The summed E-state index contributed by atoms with van der Waals surface area (Å²) in [4.78, 5) is 11.6. The maximum absolute atomic E-state index is 12.8. The summed E-state index contributed by atoms with van der Waals surface area (Å²) in [5.41, 5.74) is 1.50. The molecular formula is C20H20ClNO5S. The average molecular weight is 422 g/mol. The van der Waals surface area contributed by atoms with Crippen LogP contribution in [-0.4, -0.2) is 31.6 Å². The monoisotopic (exact) mass is 421 g/mol. The summed E-state index contributed by atoms with van der Waals surface area (Å²) in [6.07, 6.45) is 1.20. The quantitative estimate of drug-likeness (QED) is 0.770. The first-order chi connectivity index (χ1) is 13.3. The van der Waals surface area contributed by atoms with Crippen LogP contribution in [0.15, 0.2) is 47.4 Å².